The molecule has 0 atom stereocenters. The average Bonchev–Trinajstić information content (AvgIpc) is 2.49. The van der Waals surface area contributed by atoms with E-state index in [1.807, 2.05) is 0 Å². The molecule has 2 N–H and O–H groups in total. The Kier molecular flexibility index (Phi) is 6.69. The largest absolute Gasteiger partial charge is 0.325 e. The quantitative estimate of drug-likeness (QED) is 0.802. The van der Waals surface area contributed by atoms with E-state index in [0.29, 0.717) is 10.7 Å². The second-order valence-corrected chi connectivity index (χ2v) is 6.11. The normalized spacial score (nSPS) is 10.6. The molecule has 0 aliphatic carbocycles. The van der Waals surface area contributed by atoms with Crippen LogP contribution in [0.3, 0.4) is 0 Å². The summed E-state index contributed by atoms with van der Waals surface area (Å²) in [5, 5.41) is 5.66. The summed E-state index contributed by atoms with van der Waals surface area (Å²) in [5.41, 5.74) is 0.347. The zero-order valence-electron chi connectivity index (χ0n) is 13.2. The van der Waals surface area contributed by atoms with Crippen LogP contribution in [0.5, 0.6) is 0 Å². The monoisotopic (exact) mass is 384 g/mol. The van der Waals surface area contributed by atoms with Crippen molar-refractivity contribution in [1.29, 1.82) is 0 Å². The molecule has 2 aromatic rings. The Morgan fingerprint density at radius 2 is 1.84 bits per heavy atom. The predicted molar refractivity (Wildman–Crippen MR) is 95.4 cm³/mol. The molecule has 0 bridgehead atoms. The molecule has 0 aliphatic rings. The lowest BCUT2D eigenvalue weighted by Gasteiger charge is -2.16. The molecule has 1 aromatic heterocycles. The Morgan fingerprint density at radius 1 is 1.16 bits per heavy atom. The maximum absolute atomic E-state index is 13.1. The number of amides is 2. The molecule has 132 valence electrons. The van der Waals surface area contributed by atoms with Gasteiger partial charge in [-0.15, -0.1) is 0 Å². The molecule has 6 nitrogen and oxygen atoms in total. The van der Waals surface area contributed by atoms with E-state index >= 15 is 0 Å². The van der Waals surface area contributed by atoms with Gasteiger partial charge in [0.2, 0.25) is 11.8 Å². The van der Waals surface area contributed by atoms with Crippen LogP contribution >= 0.6 is 23.2 Å². The van der Waals surface area contributed by atoms with Gasteiger partial charge in [-0.3, -0.25) is 14.5 Å². The Labute approximate surface area is 153 Å². The first-order valence-electron chi connectivity index (χ1n) is 7.18. The van der Waals surface area contributed by atoms with Crippen LogP contribution in [-0.4, -0.2) is 41.8 Å². The summed E-state index contributed by atoms with van der Waals surface area (Å²) in [7, 11) is 1.60. The Morgan fingerprint density at radius 3 is 2.48 bits per heavy atom. The third-order valence-electron chi connectivity index (χ3n) is 3.00. The summed E-state index contributed by atoms with van der Waals surface area (Å²) in [5.74, 6) is -1.02. The summed E-state index contributed by atoms with van der Waals surface area (Å²) < 4.78 is 13.1. The summed E-state index contributed by atoms with van der Waals surface area (Å²) in [6, 6.07) is 7.01. The van der Waals surface area contributed by atoms with Crippen LogP contribution in [0.1, 0.15) is 0 Å². The smallest absolute Gasteiger partial charge is 0.239 e. The Bertz CT molecular complexity index is 788. The van der Waals surface area contributed by atoms with Crippen LogP contribution in [0.25, 0.3) is 0 Å². The van der Waals surface area contributed by atoms with E-state index in [9.17, 15) is 14.0 Å². The number of carbonyl (C=O) groups excluding carboxylic acids is 2. The first kappa shape index (κ1) is 19.1. The van der Waals surface area contributed by atoms with Gasteiger partial charge in [0.25, 0.3) is 0 Å². The van der Waals surface area contributed by atoms with E-state index in [-0.39, 0.29) is 29.8 Å². The molecule has 2 amide bonds. The number of halogens is 3. The summed E-state index contributed by atoms with van der Waals surface area (Å²) in [6.45, 7) is -0.108. The van der Waals surface area contributed by atoms with Gasteiger partial charge in [-0.1, -0.05) is 29.3 Å². The molecule has 0 aliphatic heterocycles. The zero-order chi connectivity index (χ0) is 18.4. The van der Waals surface area contributed by atoms with Crippen LogP contribution in [-0.2, 0) is 9.59 Å². The summed E-state index contributed by atoms with van der Waals surface area (Å²) in [4.78, 5) is 29.3. The Balaban J connectivity index is 1.83. The van der Waals surface area contributed by atoms with Crippen molar-refractivity contribution >= 4 is 46.5 Å². The lowest BCUT2D eigenvalue weighted by Crippen LogP contribution is -2.36. The molecule has 0 unspecified atom stereocenters. The predicted octanol–water partition coefficient (Wildman–Crippen LogP) is 3.04. The number of aromatic nitrogens is 1. The number of carbonyl (C=O) groups is 2. The number of nitrogens with one attached hydrogen (secondary N) is 2. The van der Waals surface area contributed by atoms with Gasteiger partial charge >= 0.3 is 0 Å². The van der Waals surface area contributed by atoms with Crippen molar-refractivity contribution in [3.8, 4) is 0 Å². The van der Waals surface area contributed by atoms with Crippen molar-refractivity contribution < 1.29 is 14.0 Å². The molecule has 0 radical (unpaired) electrons. The first-order chi connectivity index (χ1) is 11.8. The highest BCUT2D eigenvalue weighted by molar-refractivity contribution is 6.36. The molecule has 2 rings (SSSR count). The first-order valence-corrected chi connectivity index (χ1v) is 7.94. The lowest BCUT2D eigenvalue weighted by atomic mass is 10.3. The number of hydrogen-bond acceptors (Lipinski definition) is 4. The highest BCUT2D eigenvalue weighted by atomic mass is 35.5. The van der Waals surface area contributed by atoms with Gasteiger partial charge in [0, 0.05) is 11.9 Å². The average molecular weight is 385 g/mol. The van der Waals surface area contributed by atoms with Crippen LogP contribution in [0, 0.1) is 5.82 Å². The molecular weight excluding hydrogens is 370 g/mol. The van der Waals surface area contributed by atoms with E-state index in [1.165, 1.54) is 35.4 Å². The van der Waals surface area contributed by atoms with Crippen molar-refractivity contribution in [3.63, 3.8) is 0 Å². The lowest BCUT2D eigenvalue weighted by molar-refractivity contribution is -0.119. The number of benzene rings is 1. The van der Waals surface area contributed by atoms with Crippen LogP contribution < -0.4 is 10.6 Å². The summed E-state index contributed by atoms with van der Waals surface area (Å²) >= 11 is 11.7. The molecule has 0 fully saturated rings. The fraction of sp³-hybridized carbons (Fsp3) is 0.188. The van der Waals surface area contributed by atoms with Crippen molar-refractivity contribution in [2.24, 2.45) is 0 Å². The molecule has 0 saturated heterocycles. The molecule has 1 aromatic carbocycles. The fourth-order valence-corrected chi connectivity index (χ4v) is 2.42. The number of hydrogen-bond donors (Lipinski definition) is 2. The minimum atomic E-state index is -0.446. The van der Waals surface area contributed by atoms with Crippen molar-refractivity contribution in [2.45, 2.75) is 0 Å². The van der Waals surface area contributed by atoms with Gasteiger partial charge in [-0.2, -0.15) is 0 Å². The number of anilines is 2. The standard InChI is InChI=1S/C16H15Cl2FN4O2/c1-23(8-14(24)21-12-4-2-3-11(19)6-12)9-15(25)22-16-13(18)5-10(17)7-20-16/h2-7H,8-9H2,1H3,(H,21,24)(H,20,22,25). The molecule has 0 saturated carbocycles. The minimum absolute atomic E-state index is 0.0499. The van der Waals surface area contributed by atoms with Gasteiger partial charge in [-0.25, -0.2) is 9.37 Å². The highest BCUT2D eigenvalue weighted by Gasteiger charge is 2.13. The van der Waals surface area contributed by atoms with E-state index in [1.54, 1.807) is 13.1 Å². The van der Waals surface area contributed by atoms with Gasteiger partial charge in [0.15, 0.2) is 5.82 Å². The number of rotatable bonds is 6. The van der Waals surface area contributed by atoms with Crippen molar-refractivity contribution in [3.05, 3.63) is 52.4 Å². The summed E-state index contributed by atoms with van der Waals surface area (Å²) in [6.07, 6.45) is 1.36. The SMILES string of the molecule is CN(CC(=O)Nc1cccc(F)c1)CC(=O)Nc1ncc(Cl)cc1Cl. The maximum Gasteiger partial charge on any atom is 0.239 e. The third kappa shape index (κ3) is 6.30. The van der Waals surface area contributed by atoms with Gasteiger partial charge in [0.1, 0.15) is 5.82 Å². The van der Waals surface area contributed by atoms with Gasteiger partial charge in [-0.05, 0) is 31.3 Å². The second-order valence-electron chi connectivity index (χ2n) is 5.26. The highest BCUT2D eigenvalue weighted by Crippen LogP contribution is 2.22. The fourth-order valence-electron chi connectivity index (χ4n) is 1.99. The third-order valence-corrected chi connectivity index (χ3v) is 3.50. The number of likely N-dealkylation sites (N-methyl/N-ethyl adjacent to an activating group) is 1. The van der Waals surface area contributed by atoms with Crippen LogP contribution in [0.15, 0.2) is 36.5 Å². The van der Waals surface area contributed by atoms with Crippen molar-refractivity contribution in [1.82, 2.24) is 9.88 Å². The van der Waals surface area contributed by atoms with E-state index in [4.69, 9.17) is 23.2 Å². The molecule has 1 heterocycles. The molecule has 0 spiro atoms. The maximum atomic E-state index is 13.1. The minimum Gasteiger partial charge on any atom is -0.325 e. The van der Waals surface area contributed by atoms with E-state index in [0.717, 1.165) is 0 Å². The number of nitrogens with zero attached hydrogens (tertiary/aromatic N) is 2. The van der Waals surface area contributed by atoms with Crippen LogP contribution in [0.2, 0.25) is 10.0 Å². The van der Waals surface area contributed by atoms with Gasteiger partial charge < -0.3 is 10.6 Å². The van der Waals surface area contributed by atoms with Crippen LogP contribution in [0.4, 0.5) is 15.9 Å². The zero-order valence-corrected chi connectivity index (χ0v) is 14.7. The van der Waals surface area contributed by atoms with Crippen molar-refractivity contribution in [2.75, 3.05) is 30.8 Å². The topological polar surface area (TPSA) is 74.3 Å². The molecule has 25 heavy (non-hydrogen) atoms. The number of pyridine rings is 1. The van der Waals surface area contributed by atoms with E-state index in [2.05, 4.69) is 15.6 Å². The van der Waals surface area contributed by atoms with E-state index < -0.39 is 11.7 Å². The second kappa shape index (κ2) is 8.75. The molecule has 9 heteroatoms. The Hall–Kier alpha value is -2.22. The van der Waals surface area contributed by atoms with Gasteiger partial charge in [0.05, 0.1) is 23.1 Å². The molecular formula is C16H15Cl2FN4O2.